The van der Waals surface area contributed by atoms with Gasteiger partial charge in [0.05, 0.1) is 27.6 Å². The molecule has 0 bridgehead atoms. The molecule has 58 heavy (non-hydrogen) atoms. The number of para-hydroxylation sites is 1. The number of fused-ring (bicyclic) bond motifs is 1. The molecule has 0 amide bonds. The van der Waals surface area contributed by atoms with Gasteiger partial charge in [0.1, 0.15) is 11.6 Å². The maximum atomic E-state index is 12.2. The van der Waals surface area contributed by atoms with Gasteiger partial charge in [0, 0.05) is 42.7 Å². The Kier molecular flexibility index (Phi) is 8.11. The van der Waals surface area contributed by atoms with Crippen molar-refractivity contribution < 1.29 is 41.3 Å². The maximum Gasteiger partial charge on any atom is 0.148 e. The van der Waals surface area contributed by atoms with E-state index in [4.69, 9.17) is 18.7 Å². The first-order valence-electron chi connectivity index (χ1n) is 24.6. The van der Waals surface area contributed by atoms with Crippen LogP contribution in [0.2, 0.25) is 0 Å². The third kappa shape index (κ3) is 7.96. The van der Waals surface area contributed by atoms with Crippen LogP contribution < -0.4 is 0 Å². The van der Waals surface area contributed by atoms with Crippen molar-refractivity contribution >= 4 is 11.0 Å². The van der Waals surface area contributed by atoms with E-state index in [9.17, 15) is 6.48 Å². The van der Waals surface area contributed by atoms with Gasteiger partial charge in [0.15, 0.2) is 0 Å². The van der Waals surface area contributed by atoms with Crippen molar-refractivity contribution in [1.29, 1.82) is 0 Å². The molecule has 294 valence electrons. The second-order valence-electron chi connectivity index (χ2n) is 16.0. The van der Waals surface area contributed by atoms with Gasteiger partial charge in [-0.2, -0.15) is 0 Å². The normalized spacial score (nSPS) is 14.6. The fourth-order valence-corrected chi connectivity index (χ4v) is 7.14. The summed E-state index contributed by atoms with van der Waals surface area (Å²) in [5, 5.41) is 12.2. The van der Waals surface area contributed by atoms with Gasteiger partial charge in [-0.15, -0.1) is 29.3 Å². The topological polar surface area (TPSA) is 50.9 Å². The Morgan fingerprint density at radius 1 is 0.741 bits per heavy atom. The number of aromatic nitrogens is 3. The van der Waals surface area contributed by atoms with Crippen LogP contribution in [0.1, 0.15) is 97.6 Å². The van der Waals surface area contributed by atoms with Crippen molar-refractivity contribution in [2.45, 2.75) is 72.6 Å². The molecule has 1 N–H and O–H groups in total. The fourth-order valence-electron chi connectivity index (χ4n) is 7.14. The zero-order valence-electron chi connectivity index (χ0n) is 44.4. The number of phenols is 1. The van der Waals surface area contributed by atoms with E-state index in [2.05, 4.69) is 24.9 Å². The van der Waals surface area contributed by atoms with Crippen LogP contribution in [0.3, 0.4) is 0 Å². The minimum Gasteiger partial charge on any atom is -0.507 e. The van der Waals surface area contributed by atoms with Gasteiger partial charge >= 0.3 is 0 Å². The summed E-state index contributed by atoms with van der Waals surface area (Å²) in [6.45, 7) is 11.7. The maximum absolute atomic E-state index is 12.2. The van der Waals surface area contributed by atoms with Crippen LogP contribution in [0, 0.1) is 12.9 Å². The molecule has 0 aliphatic rings. The number of rotatable bonds is 8. The Morgan fingerprint density at radius 3 is 2.21 bits per heavy atom. The van der Waals surface area contributed by atoms with Crippen LogP contribution in [0.25, 0.3) is 72.7 Å². The smallest absolute Gasteiger partial charge is 0.148 e. The number of hydrogen-bond acceptors (Lipinski definition) is 3. The van der Waals surface area contributed by atoms with Crippen LogP contribution in [0.15, 0.2) is 139 Å². The summed E-state index contributed by atoms with van der Waals surface area (Å²) in [6.07, 6.45) is -0.558. The van der Waals surface area contributed by atoms with Crippen molar-refractivity contribution in [3.8, 4) is 67.5 Å². The number of pyridine rings is 1. The minimum atomic E-state index is -2.48. The van der Waals surface area contributed by atoms with Gasteiger partial charge in [0.25, 0.3) is 0 Å². The van der Waals surface area contributed by atoms with Crippen molar-refractivity contribution in [3.05, 3.63) is 168 Å². The number of nitrogens with zero attached hydrogens (tertiary/aromatic N) is 3. The third-order valence-corrected chi connectivity index (χ3v) is 10.3. The summed E-state index contributed by atoms with van der Waals surface area (Å²) in [5.74, 6) is 0.449. The van der Waals surface area contributed by atoms with E-state index in [1.54, 1.807) is 18.2 Å². The molecule has 0 aliphatic heterocycles. The van der Waals surface area contributed by atoms with E-state index in [0.717, 1.165) is 22.3 Å². The molecule has 5 heteroatoms. The number of phenolic OH excluding ortho intramolecular Hbond substituents is 1. The average Bonchev–Trinajstić information content (AvgIpc) is 3.69. The Balaban J connectivity index is 0.00000703. The monoisotopic (exact) mass is 950 g/mol. The summed E-state index contributed by atoms with van der Waals surface area (Å²) in [6, 6.07) is 27.4. The van der Waals surface area contributed by atoms with Gasteiger partial charge in [-0.1, -0.05) is 150 Å². The quantitative estimate of drug-likeness (QED) is 0.154. The molecule has 0 saturated carbocycles. The van der Waals surface area contributed by atoms with Crippen LogP contribution in [-0.2, 0) is 26.5 Å². The molecule has 4 nitrogen and oxygen atoms in total. The van der Waals surface area contributed by atoms with Gasteiger partial charge < -0.3 is 5.11 Å². The number of aryl methyl sites for hydroxylation is 1. The number of imidazole rings is 1. The summed E-state index contributed by atoms with van der Waals surface area (Å²) < 4.78 is 96.8. The molecule has 0 fully saturated rings. The van der Waals surface area contributed by atoms with Gasteiger partial charge in [-0.05, 0) is 93.4 Å². The molecule has 0 aliphatic carbocycles. The SMILES string of the molecule is [2H]c1nc(-c2[c-]c(-c3cccc4c3nc(-c3cc(C(C)C)cc(C(C)C)c3O)n4-c3cc(-c4ccccc4)cc(C([2H])([2H])[2H])c3)cc(C(C)(C)C)c2)c([2H])c(-c2c([2H])c([2H])c([2H])c([2H])c2[2H])c1[2H].[Pt]. The molecule has 0 unspecified atom stereocenters. The van der Waals surface area contributed by atoms with Gasteiger partial charge in [-0.3, -0.25) is 9.55 Å². The largest absolute Gasteiger partial charge is 0.507 e. The zero-order valence-corrected chi connectivity index (χ0v) is 35.7. The predicted octanol–water partition coefficient (Wildman–Crippen LogP) is 14.1. The summed E-state index contributed by atoms with van der Waals surface area (Å²) in [5.41, 5.74) is 6.22. The number of benzene rings is 6. The molecule has 6 aromatic carbocycles. The molecular weight excluding hydrogens is 890 g/mol. The Morgan fingerprint density at radius 2 is 1.50 bits per heavy atom. The minimum absolute atomic E-state index is 0. The van der Waals surface area contributed by atoms with Gasteiger partial charge in [-0.25, -0.2) is 4.98 Å². The third-order valence-electron chi connectivity index (χ3n) is 10.3. The van der Waals surface area contributed by atoms with Crippen molar-refractivity contribution in [2.75, 3.05) is 0 Å². The van der Waals surface area contributed by atoms with Gasteiger partial charge in [0.2, 0.25) is 0 Å². The first kappa shape index (κ1) is 28.8. The summed E-state index contributed by atoms with van der Waals surface area (Å²) in [4.78, 5) is 9.77. The molecule has 0 atom stereocenters. The van der Waals surface area contributed by atoms with E-state index in [-0.39, 0.29) is 66.6 Å². The zero-order chi connectivity index (χ0) is 49.5. The molecule has 8 aromatic rings. The Hall–Kier alpha value is -5.57. The Labute approximate surface area is 373 Å². The van der Waals surface area contributed by atoms with Crippen LogP contribution in [0.5, 0.6) is 5.75 Å². The number of hydrogen-bond donors (Lipinski definition) is 1. The summed E-state index contributed by atoms with van der Waals surface area (Å²) in [7, 11) is 0. The molecular formula is C53H50N3OPt-. The molecule has 0 spiro atoms. The van der Waals surface area contributed by atoms with Crippen molar-refractivity contribution in [3.63, 3.8) is 0 Å². The van der Waals surface area contributed by atoms with Crippen LogP contribution in [0.4, 0.5) is 0 Å². The molecule has 2 aromatic heterocycles. The van der Waals surface area contributed by atoms with E-state index >= 15 is 0 Å². The first-order chi connectivity index (χ1) is 31.9. The van der Waals surface area contributed by atoms with E-state index in [1.807, 2.05) is 112 Å². The fraction of sp³-hybridized carbons (Fsp3) is 0.208. The predicted molar refractivity (Wildman–Crippen MR) is 238 cm³/mol. The van der Waals surface area contributed by atoms with Crippen LogP contribution in [-0.4, -0.2) is 19.6 Å². The molecule has 0 saturated heterocycles. The first-order valence-corrected chi connectivity index (χ1v) is 19.1. The molecule has 2 heterocycles. The molecule has 8 rings (SSSR count). The second-order valence-corrected chi connectivity index (χ2v) is 16.0. The Bertz CT molecular complexity index is 3290. The average molecular weight is 951 g/mol. The van der Waals surface area contributed by atoms with Crippen molar-refractivity contribution in [1.82, 2.24) is 14.5 Å². The van der Waals surface area contributed by atoms with E-state index in [0.29, 0.717) is 44.8 Å². The van der Waals surface area contributed by atoms with Crippen molar-refractivity contribution in [2.24, 2.45) is 0 Å². The molecule has 0 radical (unpaired) electrons. The summed E-state index contributed by atoms with van der Waals surface area (Å²) >= 11 is 0. The standard InChI is InChI=1S/C53H50N3O.Pt/c1-33(2)39-30-46(34(3)4)51(57)47(31-39)52-55-50-45(20-15-21-49(50)56(52)44-25-35(5)24-40(29-44)37-18-13-10-14-19-37)41-26-42(28-43(27-41)53(6,7)8)48-32-38(22-23-54-48)36-16-11-9-12-17-36;/h9-25,27-34,57H,1-8H3;/q-1;/i5D3,9D,11D,12D,16D,17D,22D,23D,32D;. The van der Waals surface area contributed by atoms with Crippen LogP contribution >= 0.6 is 0 Å². The van der Waals surface area contributed by atoms with E-state index in [1.165, 1.54) is 0 Å². The number of aromatic hydroxyl groups is 1. The van der Waals surface area contributed by atoms with E-state index < -0.39 is 60.7 Å². The second kappa shape index (κ2) is 16.4.